The zero-order chi connectivity index (χ0) is 11.8. The van der Waals surface area contributed by atoms with Crippen molar-refractivity contribution in [3.05, 3.63) is 12.7 Å². The third kappa shape index (κ3) is 4.64. The minimum Gasteiger partial charge on any atom is -0.378 e. The highest BCUT2D eigenvalue weighted by atomic mass is 16.5. The number of allylic oxidation sites excluding steroid dienone is 1. The Kier molecular flexibility index (Phi) is 6.69. The molecular formula is C13H26N2O. The molecule has 0 bridgehead atoms. The van der Waals surface area contributed by atoms with Gasteiger partial charge in [-0.3, -0.25) is 11.3 Å². The van der Waals surface area contributed by atoms with Gasteiger partial charge >= 0.3 is 0 Å². The molecule has 0 aromatic carbocycles. The van der Waals surface area contributed by atoms with Gasteiger partial charge in [-0.2, -0.15) is 0 Å². The van der Waals surface area contributed by atoms with Crippen LogP contribution >= 0.6 is 0 Å². The van der Waals surface area contributed by atoms with Gasteiger partial charge < -0.3 is 4.74 Å². The largest absolute Gasteiger partial charge is 0.378 e. The van der Waals surface area contributed by atoms with Crippen molar-refractivity contribution in [3.63, 3.8) is 0 Å². The van der Waals surface area contributed by atoms with E-state index < -0.39 is 0 Å². The number of hydrogen-bond donors (Lipinski definition) is 2. The molecule has 0 aliphatic heterocycles. The van der Waals surface area contributed by atoms with Crippen molar-refractivity contribution in [2.75, 3.05) is 6.61 Å². The van der Waals surface area contributed by atoms with Crippen LogP contribution in [0.5, 0.6) is 0 Å². The number of unbranched alkanes of at least 4 members (excludes halogenated alkanes) is 1. The molecule has 1 saturated carbocycles. The van der Waals surface area contributed by atoms with E-state index in [2.05, 4.69) is 18.9 Å². The molecule has 1 atom stereocenters. The average Bonchev–Trinajstić information content (AvgIpc) is 2.24. The second-order valence-electron chi connectivity index (χ2n) is 4.73. The zero-order valence-electron chi connectivity index (χ0n) is 10.5. The van der Waals surface area contributed by atoms with Crippen molar-refractivity contribution in [1.29, 1.82) is 0 Å². The van der Waals surface area contributed by atoms with Crippen LogP contribution in [0.25, 0.3) is 0 Å². The number of nitrogens with two attached hydrogens (primary N) is 1. The Balaban J connectivity index is 2.08. The molecular weight excluding hydrogens is 200 g/mol. The van der Waals surface area contributed by atoms with Crippen LogP contribution in [0.3, 0.4) is 0 Å². The van der Waals surface area contributed by atoms with Crippen molar-refractivity contribution >= 4 is 0 Å². The molecule has 1 fully saturated rings. The fourth-order valence-corrected chi connectivity index (χ4v) is 2.42. The average molecular weight is 226 g/mol. The van der Waals surface area contributed by atoms with Gasteiger partial charge in [0.15, 0.2) is 0 Å². The van der Waals surface area contributed by atoms with Crippen LogP contribution in [0.2, 0.25) is 0 Å². The van der Waals surface area contributed by atoms with Crippen molar-refractivity contribution in [3.8, 4) is 0 Å². The molecule has 16 heavy (non-hydrogen) atoms. The summed E-state index contributed by atoms with van der Waals surface area (Å²) in [5, 5.41) is 0. The van der Waals surface area contributed by atoms with Crippen LogP contribution in [0, 0.1) is 5.92 Å². The van der Waals surface area contributed by atoms with E-state index in [1.54, 1.807) is 0 Å². The number of nitrogens with one attached hydrogen (secondary N) is 1. The molecule has 3 N–H and O–H groups in total. The van der Waals surface area contributed by atoms with Crippen LogP contribution in [0.1, 0.15) is 45.4 Å². The fraction of sp³-hybridized carbons (Fsp3) is 0.846. The van der Waals surface area contributed by atoms with Crippen molar-refractivity contribution in [1.82, 2.24) is 5.43 Å². The molecule has 1 aliphatic carbocycles. The quantitative estimate of drug-likeness (QED) is 0.275. The lowest BCUT2D eigenvalue weighted by Gasteiger charge is -2.36. The summed E-state index contributed by atoms with van der Waals surface area (Å²) in [6.45, 7) is 6.64. The van der Waals surface area contributed by atoms with Gasteiger partial charge in [-0.25, -0.2) is 0 Å². The Morgan fingerprint density at radius 3 is 2.88 bits per heavy atom. The van der Waals surface area contributed by atoms with Gasteiger partial charge in [-0.15, -0.1) is 6.58 Å². The molecule has 1 rings (SSSR count). The summed E-state index contributed by atoms with van der Waals surface area (Å²) in [7, 11) is 0. The van der Waals surface area contributed by atoms with E-state index in [9.17, 15) is 0 Å². The van der Waals surface area contributed by atoms with E-state index in [1.165, 1.54) is 25.7 Å². The standard InChI is InChI=1S/C13H26N2O/c1-3-5-6-7-12(15-14)8-11-9-13(10-11)16-4-2/h3,11-13,15H,1,4-10,14H2,2H3. The molecule has 0 saturated heterocycles. The molecule has 3 heteroatoms. The first kappa shape index (κ1) is 13.7. The second-order valence-corrected chi connectivity index (χ2v) is 4.73. The van der Waals surface area contributed by atoms with E-state index in [-0.39, 0.29) is 0 Å². The van der Waals surface area contributed by atoms with E-state index in [0.29, 0.717) is 12.1 Å². The maximum Gasteiger partial charge on any atom is 0.0580 e. The van der Waals surface area contributed by atoms with Gasteiger partial charge in [-0.05, 0) is 51.4 Å². The summed E-state index contributed by atoms with van der Waals surface area (Å²) in [5.74, 6) is 6.38. The molecule has 0 radical (unpaired) electrons. The molecule has 1 unspecified atom stereocenters. The predicted molar refractivity (Wildman–Crippen MR) is 67.9 cm³/mol. The molecule has 0 heterocycles. The highest BCUT2D eigenvalue weighted by molar-refractivity contribution is 4.83. The summed E-state index contributed by atoms with van der Waals surface area (Å²) >= 11 is 0. The zero-order valence-corrected chi connectivity index (χ0v) is 10.5. The molecule has 94 valence electrons. The first-order valence-electron chi connectivity index (χ1n) is 6.48. The Hall–Kier alpha value is -0.380. The number of rotatable bonds is 9. The maximum atomic E-state index is 5.57. The van der Waals surface area contributed by atoms with E-state index >= 15 is 0 Å². The number of hydrazine groups is 1. The third-order valence-electron chi connectivity index (χ3n) is 3.41. The fourth-order valence-electron chi connectivity index (χ4n) is 2.42. The summed E-state index contributed by atoms with van der Waals surface area (Å²) < 4.78 is 5.56. The minimum atomic E-state index is 0.465. The summed E-state index contributed by atoms with van der Waals surface area (Å²) in [4.78, 5) is 0. The van der Waals surface area contributed by atoms with Crippen molar-refractivity contribution in [2.24, 2.45) is 11.8 Å². The monoisotopic (exact) mass is 226 g/mol. The van der Waals surface area contributed by atoms with Gasteiger partial charge in [0.05, 0.1) is 6.10 Å². The van der Waals surface area contributed by atoms with Gasteiger partial charge in [-0.1, -0.05) is 6.08 Å². The lowest BCUT2D eigenvalue weighted by molar-refractivity contribution is -0.0292. The molecule has 1 aliphatic rings. The third-order valence-corrected chi connectivity index (χ3v) is 3.41. The van der Waals surface area contributed by atoms with Gasteiger partial charge in [0.1, 0.15) is 0 Å². The second kappa shape index (κ2) is 7.82. The van der Waals surface area contributed by atoms with E-state index in [4.69, 9.17) is 10.6 Å². The Morgan fingerprint density at radius 1 is 1.56 bits per heavy atom. The first-order valence-corrected chi connectivity index (χ1v) is 6.48. The maximum absolute atomic E-state index is 5.57. The highest BCUT2D eigenvalue weighted by Gasteiger charge is 2.30. The van der Waals surface area contributed by atoms with Crippen LogP contribution in [0.15, 0.2) is 12.7 Å². The molecule has 3 nitrogen and oxygen atoms in total. The van der Waals surface area contributed by atoms with Crippen molar-refractivity contribution < 1.29 is 4.74 Å². The minimum absolute atomic E-state index is 0.465. The van der Waals surface area contributed by atoms with Gasteiger partial charge in [0.2, 0.25) is 0 Å². The van der Waals surface area contributed by atoms with Gasteiger partial charge in [0, 0.05) is 12.6 Å². The van der Waals surface area contributed by atoms with E-state index in [1.807, 2.05) is 6.08 Å². The van der Waals surface area contributed by atoms with Crippen LogP contribution < -0.4 is 11.3 Å². The topological polar surface area (TPSA) is 47.3 Å². The Labute approximate surface area is 99.4 Å². The summed E-state index contributed by atoms with van der Waals surface area (Å²) in [5.41, 5.74) is 2.93. The van der Waals surface area contributed by atoms with Crippen LogP contribution in [-0.4, -0.2) is 18.8 Å². The van der Waals surface area contributed by atoms with E-state index in [0.717, 1.165) is 25.4 Å². The molecule has 0 amide bonds. The van der Waals surface area contributed by atoms with Crippen LogP contribution in [0.4, 0.5) is 0 Å². The normalized spacial score (nSPS) is 26.1. The number of ether oxygens (including phenoxy) is 1. The highest BCUT2D eigenvalue weighted by Crippen LogP contribution is 2.34. The SMILES string of the molecule is C=CCCCC(CC1CC(OCC)C1)NN. The lowest BCUT2D eigenvalue weighted by Crippen LogP contribution is -2.40. The molecule has 0 spiro atoms. The summed E-state index contributed by atoms with van der Waals surface area (Å²) in [6.07, 6.45) is 9.53. The Morgan fingerprint density at radius 2 is 2.31 bits per heavy atom. The predicted octanol–water partition coefficient (Wildman–Crippen LogP) is 2.38. The smallest absolute Gasteiger partial charge is 0.0580 e. The number of hydrogen-bond acceptors (Lipinski definition) is 3. The molecule has 0 aromatic heterocycles. The molecule has 0 aromatic rings. The Bertz CT molecular complexity index is 190. The van der Waals surface area contributed by atoms with Crippen molar-refractivity contribution in [2.45, 2.75) is 57.6 Å². The lowest BCUT2D eigenvalue weighted by atomic mass is 9.77. The first-order chi connectivity index (χ1) is 7.80. The van der Waals surface area contributed by atoms with Gasteiger partial charge in [0.25, 0.3) is 0 Å². The van der Waals surface area contributed by atoms with Crippen LogP contribution in [-0.2, 0) is 4.74 Å². The summed E-state index contributed by atoms with van der Waals surface area (Å²) in [6, 6.07) is 0.465.